The average Bonchev–Trinajstić information content (AvgIpc) is 3.30. The number of hydrogen-bond donors (Lipinski definition) is 1. The maximum atomic E-state index is 12.5. The van der Waals surface area contributed by atoms with Crippen LogP contribution in [0.2, 0.25) is 0 Å². The van der Waals surface area contributed by atoms with E-state index in [9.17, 15) is 10.1 Å². The zero-order valence-electron chi connectivity index (χ0n) is 20.4. The van der Waals surface area contributed by atoms with Crippen molar-refractivity contribution < 1.29 is 28.3 Å². The number of nitrogens with zero attached hydrogens (tertiary/aromatic N) is 2. The molecule has 0 unspecified atom stereocenters. The predicted molar refractivity (Wildman–Crippen MR) is 134 cm³/mol. The lowest BCUT2D eigenvalue weighted by atomic mass is 10.1. The molecule has 0 aliphatic rings. The zero-order valence-corrected chi connectivity index (χ0v) is 20.4. The van der Waals surface area contributed by atoms with Crippen molar-refractivity contribution in [1.82, 2.24) is 5.16 Å². The van der Waals surface area contributed by atoms with Gasteiger partial charge >= 0.3 is 0 Å². The van der Waals surface area contributed by atoms with Crippen molar-refractivity contribution in [2.45, 2.75) is 13.3 Å². The zero-order chi connectivity index (χ0) is 25.9. The van der Waals surface area contributed by atoms with Gasteiger partial charge in [0.1, 0.15) is 36.4 Å². The van der Waals surface area contributed by atoms with Crippen molar-refractivity contribution >= 4 is 17.8 Å². The quantitative estimate of drug-likeness (QED) is 0.168. The monoisotopic (exact) mass is 489 g/mol. The fraction of sp³-hybridized carbons (Fsp3) is 0.222. The summed E-state index contributed by atoms with van der Waals surface area (Å²) in [7, 11) is 2.98. The molecule has 2 aromatic carbocycles. The van der Waals surface area contributed by atoms with Crippen LogP contribution in [0.4, 0.5) is 5.82 Å². The first-order valence-electron chi connectivity index (χ1n) is 11.1. The number of nitrogens with one attached hydrogen (secondary N) is 1. The van der Waals surface area contributed by atoms with Crippen molar-refractivity contribution in [3.63, 3.8) is 0 Å². The molecule has 0 radical (unpaired) electrons. The Bertz CT molecular complexity index is 1260. The van der Waals surface area contributed by atoms with Gasteiger partial charge in [-0.15, -0.1) is 6.58 Å². The van der Waals surface area contributed by atoms with Gasteiger partial charge in [0, 0.05) is 6.07 Å². The van der Waals surface area contributed by atoms with Crippen LogP contribution in [0, 0.1) is 18.3 Å². The number of benzene rings is 2. The highest BCUT2D eigenvalue weighted by atomic mass is 16.6. The summed E-state index contributed by atoms with van der Waals surface area (Å²) in [4.78, 5) is 12.5. The van der Waals surface area contributed by atoms with Gasteiger partial charge in [0.25, 0.3) is 5.91 Å². The summed E-state index contributed by atoms with van der Waals surface area (Å²) in [6, 6.07) is 14.5. The molecule has 36 heavy (non-hydrogen) atoms. The van der Waals surface area contributed by atoms with Gasteiger partial charge in [-0.25, -0.2) is 0 Å². The number of carbonyl (C=O) groups is 1. The third-order valence-corrected chi connectivity index (χ3v) is 4.95. The van der Waals surface area contributed by atoms with E-state index in [0.29, 0.717) is 41.6 Å². The maximum Gasteiger partial charge on any atom is 0.267 e. The highest BCUT2D eigenvalue weighted by Crippen LogP contribution is 2.39. The van der Waals surface area contributed by atoms with Crippen LogP contribution in [-0.4, -0.2) is 38.5 Å². The summed E-state index contributed by atoms with van der Waals surface area (Å²) < 4.78 is 27.7. The molecule has 3 aromatic rings. The molecule has 3 rings (SSSR count). The Labute approximate surface area is 209 Å². The number of methoxy groups -OCH3 is 2. The number of allylic oxidation sites excluding steroid dienone is 1. The second-order valence-electron chi connectivity index (χ2n) is 7.50. The van der Waals surface area contributed by atoms with Crippen LogP contribution in [0.5, 0.6) is 23.0 Å². The number of carbonyl (C=O) groups excluding carboxylic acids is 1. The van der Waals surface area contributed by atoms with Gasteiger partial charge in [-0.3, -0.25) is 4.79 Å². The van der Waals surface area contributed by atoms with Crippen LogP contribution in [0.25, 0.3) is 6.08 Å². The van der Waals surface area contributed by atoms with Crippen molar-refractivity contribution in [2.24, 2.45) is 0 Å². The fourth-order valence-corrected chi connectivity index (χ4v) is 3.31. The van der Waals surface area contributed by atoms with Crippen molar-refractivity contribution in [2.75, 3.05) is 32.8 Å². The molecule has 0 aliphatic carbocycles. The van der Waals surface area contributed by atoms with Crippen molar-refractivity contribution in [3.05, 3.63) is 77.6 Å². The molecule has 1 aromatic heterocycles. The number of aromatic nitrogens is 1. The van der Waals surface area contributed by atoms with Gasteiger partial charge in [0.05, 0.1) is 14.2 Å². The molecule has 0 fully saturated rings. The van der Waals surface area contributed by atoms with E-state index in [4.69, 9.17) is 23.5 Å². The molecule has 9 nitrogen and oxygen atoms in total. The fourth-order valence-electron chi connectivity index (χ4n) is 3.31. The summed E-state index contributed by atoms with van der Waals surface area (Å²) in [6.45, 7) is 5.99. The molecule has 1 heterocycles. The number of nitriles is 1. The Morgan fingerprint density at radius 2 is 1.81 bits per heavy atom. The Balaban J connectivity index is 1.73. The summed E-state index contributed by atoms with van der Waals surface area (Å²) in [5, 5.41) is 15.7. The molecule has 0 saturated heterocycles. The third-order valence-electron chi connectivity index (χ3n) is 4.95. The molecule has 0 spiro atoms. The smallest absolute Gasteiger partial charge is 0.267 e. The number of anilines is 1. The second kappa shape index (κ2) is 12.7. The minimum atomic E-state index is -0.627. The molecular weight excluding hydrogens is 462 g/mol. The van der Waals surface area contributed by atoms with Crippen LogP contribution >= 0.6 is 0 Å². The maximum absolute atomic E-state index is 12.5. The van der Waals surface area contributed by atoms with Gasteiger partial charge in [0.15, 0.2) is 17.3 Å². The van der Waals surface area contributed by atoms with Crippen molar-refractivity contribution in [3.8, 4) is 29.1 Å². The van der Waals surface area contributed by atoms with Crippen LogP contribution in [0.1, 0.15) is 16.9 Å². The minimum absolute atomic E-state index is 0.139. The summed E-state index contributed by atoms with van der Waals surface area (Å²) in [5.41, 5.74) is 1.41. The number of rotatable bonds is 12. The number of para-hydroxylation sites is 1. The number of amides is 1. The largest absolute Gasteiger partial charge is 0.493 e. The molecule has 1 N–H and O–H groups in total. The Hall–Kier alpha value is -4.71. The first-order chi connectivity index (χ1) is 17.5. The van der Waals surface area contributed by atoms with Gasteiger partial charge in [0.2, 0.25) is 5.75 Å². The highest BCUT2D eigenvalue weighted by molar-refractivity contribution is 6.09. The molecule has 0 atom stereocenters. The molecular formula is C27H27N3O6. The Morgan fingerprint density at radius 3 is 2.42 bits per heavy atom. The van der Waals surface area contributed by atoms with Crippen LogP contribution < -0.4 is 24.3 Å². The van der Waals surface area contributed by atoms with E-state index in [2.05, 4.69) is 17.1 Å². The van der Waals surface area contributed by atoms with E-state index in [0.717, 1.165) is 11.3 Å². The molecule has 0 bridgehead atoms. The van der Waals surface area contributed by atoms with Gasteiger partial charge in [-0.1, -0.05) is 29.4 Å². The Kier molecular flexibility index (Phi) is 9.12. The van der Waals surface area contributed by atoms with E-state index in [1.54, 1.807) is 25.1 Å². The molecule has 1 amide bonds. The predicted octanol–water partition coefficient (Wildman–Crippen LogP) is 4.73. The minimum Gasteiger partial charge on any atom is -0.493 e. The highest BCUT2D eigenvalue weighted by Gasteiger charge is 2.17. The first-order valence-corrected chi connectivity index (χ1v) is 11.1. The summed E-state index contributed by atoms with van der Waals surface area (Å²) in [5.74, 6) is 2.01. The molecule has 0 saturated carbocycles. The Morgan fingerprint density at radius 1 is 1.11 bits per heavy atom. The van der Waals surface area contributed by atoms with E-state index < -0.39 is 5.91 Å². The van der Waals surface area contributed by atoms with E-state index >= 15 is 0 Å². The van der Waals surface area contributed by atoms with Gasteiger partial charge < -0.3 is 28.8 Å². The summed E-state index contributed by atoms with van der Waals surface area (Å²) in [6.07, 6.45) is 3.94. The number of aryl methyl sites for hydroxylation is 1. The molecule has 9 heteroatoms. The lowest BCUT2D eigenvalue weighted by molar-refractivity contribution is -0.112. The average molecular weight is 490 g/mol. The van der Waals surface area contributed by atoms with Crippen molar-refractivity contribution in [1.29, 1.82) is 5.26 Å². The van der Waals surface area contributed by atoms with Gasteiger partial charge in [-0.2, -0.15) is 5.26 Å². The van der Waals surface area contributed by atoms with Crippen LogP contribution in [0.15, 0.2) is 65.2 Å². The number of hydrogen-bond acceptors (Lipinski definition) is 8. The molecule has 0 aliphatic heterocycles. The van der Waals surface area contributed by atoms with Crippen LogP contribution in [-0.2, 0) is 11.2 Å². The van der Waals surface area contributed by atoms with E-state index in [-0.39, 0.29) is 18.0 Å². The normalized spacial score (nSPS) is 10.8. The number of ether oxygens (including phenoxy) is 4. The third kappa shape index (κ3) is 6.67. The standard InChI is InChI=1S/C27H27N3O6/c1-5-8-20-9-6-7-10-22(20)34-11-12-35-26-23(32-3)15-19(16-24(26)33-4)14-21(17-28)27(31)29-25-13-18(2)36-30-25/h5-7,9-10,13-16H,1,8,11-12H2,2-4H3,(H,29,30,31). The van der Waals surface area contributed by atoms with E-state index in [1.165, 1.54) is 20.3 Å². The lowest BCUT2D eigenvalue weighted by Crippen LogP contribution is -2.13. The SMILES string of the molecule is C=CCc1ccccc1OCCOc1c(OC)cc(C=C(C#N)C(=O)Nc2cc(C)on2)cc1OC. The van der Waals surface area contributed by atoms with Gasteiger partial charge in [-0.05, 0) is 48.7 Å². The summed E-state index contributed by atoms with van der Waals surface area (Å²) >= 11 is 0. The first kappa shape index (κ1) is 25.9. The molecule has 186 valence electrons. The van der Waals surface area contributed by atoms with E-state index in [1.807, 2.05) is 36.4 Å². The van der Waals surface area contributed by atoms with Crippen LogP contribution in [0.3, 0.4) is 0 Å². The second-order valence-corrected chi connectivity index (χ2v) is 7.50. The topological polar surface area (TPSA) is 116 Å². The lowest BCUT2D eigenvalue weighted by Gasteiger charge is -2.16.